The highest BCUT2D eigenvalue weighted by Crippen LogP contribution is 2.36. The number of hydrogen-bond donors (Lipinski definition) is 0. The summed E-state index contributed by atoms with van der Waals surface area (Å²) in [6.07, 6.45) is 11.3. The van der Waals surface area contributed by atoms with E-state index >= 15 is 0 Å². The highest BCUT2D eigenvalue weighted by atomic mass is 14.3. The van der Waals surface area contributed by atoms with Crippen LogP contribution in [0.4, 0.5) is 0 Å². The van der Waals surface area contributed by atoms with Crippen molar-refractivity contribution in [3.63, 3.8) is 0 Å². The summed E-state index contributed by atoms with van der Waals surface area (Å²) in [5.74, 6) is 2.03. The first-order valence-electron chi connectivity index (χ1n) is 5.02. The van der Waals surface area contributed by atoms with Gasteiger partial charge in [0.15, 0.2) is 0 Å². The molecule has 1 saturated carbocycles. The van der Waals surface area contributed by atoms with Gasteiger partial charge in [-0.1, -0.05) is 24.5 Å². The van der Waals surface area contributed by atoms with Crippen LogP contribution in [0.3, 0.4) is 0 Å². The maximum atomic E-state index is 2.54. The Kier molecular flexibility index (Phi) is 2.02. The van der Waals surface area contributed by atoms with E-state index in [4.69, 9.17) is 0 Å². The van der Waals surface area contributed by atoms with E-state index in [0.717, 1.165) is 11.8 Å². The van der Waals surface area contributed by atoms with E-state index < -0.39 is 0 Å². The van der Waals surface area contributed by atoms with Gasteiger partial charge in [0, 0.05) is 0 Å². The summed E-state index contributed by atoms with van der Waals surface area (Å²) >= 11 is 0. The van der Waals surface area contributed by atoms with E-state index in [0.29, 0.717) is 0 Å². The maximum absolute atomic E-state index is 2.54. The summed E-state index contributed by atoms with van der Waals surface area (Å²) < 4.78 is 0. The molecule has 0 aliphatic heterocycles. The molecule has 2 rings (SSSR count). The molecule has 1 fully saturated rings. The minimum absolute atomic E-state index is 0.955. The summed E-state index contributed by atoms with van der Waals surface area (Å²) in [6, 6.07) is 0. The first-order chi connectivity index (χ1) is 5.34. The molecule has 0 heteroatoms. The summed E-state index contributed by atoms with van der Waals surface area (Å²) in [7, 11) is 0. The second-order valence-electron chi connectivity index (χ2n) is 4.34. The predicted octanol–water partition coefficient (Wildman–Crippen LogP) is 3.53. The molecule has 0 nitrogen and oxygen atoms in total. The Hall–Kier alpha value is -0.260. The highest BCUT2D eigenvalue weighted by Gasteiger charge is 2.22. The van der Waals surface area contributed by atoms with Crippen molar-refractivity contribution < 1.29 is 0 Å². The zero-order valence-corrected chi connectivity index (χ0v) is 7.47. The Bertz CT molecular complexity index is 167. The lowest BCUT2D eigenvalue weighted by molar-refractivity contribution is 0.300. The molecule has 0 N–H and O–H groups in total. The average molecular weight is 150 g/mol. The molecule has 0 spiro atoms. The first-order valence-corrected chi connectivity index (χ1v) is 5.02. The minimum atomic E-state index is 0.955. The standard InChI is InChI=1S/C11H18/c1-9-5-6-10-3-2-4-11(7-9)8-10/h7,10-11H,2-6,8H2,1H3. The molecule has 0 saturated heterocycles. The van der Waals surface area contributed by atoms with Crippen LogP contribution in [-0.2, 0) is 0 Å². The van der Waals surface area contributed by atoms with E-state index in [1.165, 1.54) is 38.5 Å². The molecule has 2 aliphatic carbocycles. The molecule has 0 radical (unpaired) electrons. The maximum Gasteiger partial charge on any atom is -0.0228 e. The Morgan fingerprint density at radius 1 is 1.27 bits per heavy atom. The Morgan fingerprint density at radius 2 is 2.18 bits per heavy atom. The lowest BCUT2D eigenvalue weighted by Gasteiger charge is -2.24. The fraction of sp³-hybridized carbons (Fsp3) is 0.818. The van der Waals surface area contributed by atoms with E-state index in [2.05, 4.69) is 13.0 Å². The normalized spacial score (nSPS) is 37.7. The van der Waals surface area contributed by atoms with Gasteiger partial charge < -0.3 is 0 Å². The summed E-state index contributed by atoms with van der Waals surface area (Å²) in [5.41, 5.74) is 1.65. The predicted molar refractivity (Wildman–Crippen MR) is 48.4 cm³/mol. The SMILES string of the molecule is CC1=CC2CCCC(CC1)C2. The largest absolute Gasteiger partial charge is 0.0825 e. The zero-order chi connectivity index (χ0) is 7.68. The van der Waals surface area contributed by atoms with Gasteiger partial charge in [-0.25, -0.2) is 0 Å². The third-order valence-electron chi connectivity index (χ3n) is 3.29. The second-order valence-corrected chi connectivity index (χ2v) is 4.34. The van der Waals surface area contributed by atoms with Crippen molar-refractivity contribution in [2.24, 2.45) is 11.8 Å². The minimum Gasteiger partial charge on any atom is -0.0825 e. The van der Waals surface area contributed by atoms with Crippen molar-refractivity contribution in [1.82, 2.24) is 0 Å². The molecule has 2 atom stereocenters. The van der Waals surface area contributed by atoms with E-state index in [1.807, 2.05) is 0 Å². The van der Waals surface area contributed by atoms with Gasteiger partial charge >= 0.3 is 0 Å². The van der Waals surface area contributed by atoms with Crippen LogP contribution in [0.25, 0.3) is 0 Å². The topological polar surface area (TPSA) is 0 Å². The van der Waals surface area contributed by atoms with Gasteiger partial charge in [-0.2, -0.15) is 0 Å². The number of rotatable bonds is 0. The molecule has 0 aromatic carbocycles. The van der Waals surface area contributed by atoms with E-state index in [-0.39, 0.29) is 0 Å². The van der Waals surface area contributed by atoms with Gasteiger partial charge in [-0.15, -0.1) is 0 Å². The fourth-order valence-electron chi connectivity index (χ4n) is 2.66. The summed E-state index contributed by atoms with van der Waals surface area (Å²) in [4.78, 5) is 0. The molecule has 0 aromatic rings. The molecule has 0 aromatic heterocycles. The van der Waals surface area contributed by atoms with Crippen LogP contribution in [0.15, 0.2) is 11.6 Å². The van der Waals surface area contributed by atoms with Crippen LogP contribution < -0.4 is 0 Å². The van der Waals surface area contributed by atoms with Crippen molar-refractivity contribution in [2.75, 3.05) is 0 Å². The van der Waals surface area contributed by atoms with Gasteiger partial charge in [-0.3, -0.25) is 0 Å². The quantitative estimate of drug-likeness (QED) is 0.463. The van der Waals surface area contributed by atoms with E-state index in [1.54, 1.807) is 5.57 Å². The average Bonchev–Trinajstić information content (AvgIpc) is 2.12. The first kappa shape index (κ1) is 7.39. The lowest BCUT2D eigenvalue weighted by Crippen LogP contribution is -2.11. The molecule has 11 heavy (non-hydrogen) atoms. The third-order valence-corrected chi connectivity index (χ3v) is 3.29. The van der Waals surface area contributed by atoms with Crippen molar-refractivity contribution in [3.8, 4) is 0 Å². The molecular formula is C11H18. The number of allylic oxidation sites excluding steroid dienone is 2. The van der Waals surface area contributed by atoms with Gasteiger partial charge in [0.25, 0.3) is 0 Å². The van der Waals surface area contributed by atoms with Crippen LogP contribution in [-0.4, -0.2) is 0 Å². The van der Waals surface area contributed by atoms with Gasteiger partial charge in [0.1, 0.15) is 0 Å². The van der Waals surface area contributed by atoms with Gasteiger partial charge in [0.05, 0.1) is 0 Å². The molecule has 0 amide bonds. The molecule has 0 heterocycles. The number of hydrogen-bond acceptors (Lipinski definition) is 0. The van der Waals surface area contributed by atoms with Crippen molar-refractivity contribution in [3.05, 3.63) is 11.6 Å². The molecular weight excluding hydrogens is 132 g/mol. The zero-order valence-electron chi connectivity index (χ0n) is 7.47. The van der Waals surface area contributed by atoms with Crippen LogP contribution in [0.1, 0.15) is 45.4 Å². The van der Waals surface area contributed by atoms with Crippen LogP contribution >= 0.6 is 0 Å². The second kappa shape index (κ2) is 3.00. The summed E-state index contributed by atoms with van der Waals surface area (Å²) in [5, 5.41) is 0. The Balaban J connectivity index is 2.09. The highest BCUT2D eigenvalue weighted by molar-refractivity contribution is 5.05. The van der Waals surface area contributed by atoms with Crippen LogP contribution in [0.2, 0.25) is 0 Å². The van der Waals surface area contributed by atoms with Gasteiger partial charge in [-0.05, 0) is 44.4 Å². The summed E-state index contributed by atoms with van der Waals surface area (Å²) in [6.45, 7) is 2.31. The van der Waals surface area contributed by atoms with Crippen LogP contribution in [0, 0.1) is 11.8 Å². The van der Waals surface area contributed by atoms with Crippen molar-refractivity contribution >= 4 is 0 Å². The monoisotopic (exact) mass is 150 g/mol. The Morgan fingerprint density at radius 3 is 3.09 bits per heavy atom. The van der Waals surface area contributed by atoms with E-state index in [9.17, 15) is 0 Å². The van der Waals surface area contributed by atoms with Gasteiger partial charge in [0.2, 0.25) is 0 Å². The van der Waals surface area contributed by atoms with Crippen molar-refractivity contribution in [2.45, 2.75) is 45.4 Å². The lowest BCUT2D eigenvalue weighted by atomic mass is 9.81. The van der Waals surface area contributed by atoms with Crippen molar-refractivity contribution in [1.29, 1.82) is 0 Å². The Labute approximate surface area is 69.7 Å². The smallest absolute Gasteiger partial charge is 0.0228 e. The molecule has 2 unspecified atom stereocenters. The molecule has 2 bridgehead atoms. The fourth-order valence-corrected chi connectivity index (χ4v) is 2.66. The van der Waals surface area contributed by atoms with Crippen LogP contribution in [0.5, 0.6) is 0 Å². The molecule has 62 valence electrons. The third kappa shape index (κ3) is 1.66. The number of fused-ring (bicyclic) bond motifs is 2. The molecule has 2 aliphatic rings.